The normalized spacial score (nSPS) is 12.1. The second kappa shape index (κ2) is 8.18. The summed E-state index contributed by atoms with van der Waals surface area (Å²) < 4.78 is 48.7. The highest BCUT2D eigenvalue weighted by Gasteiger charge is 2.20. The molecule has 0 aliphatic rings. The zero-order valence-electron chi connectivity index (χ0n) is 20.4. The molecule has 0 atom stereocenters. The van der Waals surface area contributed by atoms with E-state index in [2.05, 4.69) is 19.9 Å². The number of hydrogen-bond acceptors (Lipinski definition) is 4. The molecule has 0 radical (unpaired) electrons. The van der Waals surface area contributed by atoms with Gasteiger partial charge in [-0.15, -0.1) is 0 Å². The topological polar surface area (TPSA) is 61.4 Å². The first kappa shape index (κ1) is 23.0. The summed E-state index contributed by atoms with van der Waals surface area (Å²) in [6.45, 7) is 11.5. The molecule has 3 aromatic heterocycles. The molecule has 0 amide bonds. The Morgan fingerprint density at radius 2 is 1.14 bits per heavy atom. The van der Waals surface area contributed by atoms with Crippen molar-refractivity contribution < 1.29 is 13.2 Å². The zero-order valence-corrected chi connectivity index (χ0v) is 20.4. The lowest BCUT2D eigenvalue weighted by atomic mass is 10.1. The van der Waals surface area contributed by atoms with E-state index in [9.17, 15) is 13.2 Å². The number of fused-ring (bicyclic) bond motifs is 2. The Morgan fingerprint density at radius 1 is 0.657 bits per heavy atom. The van der Waals surface area contributed by atoms with Gasteiger partial charge in [0, 0.05) is 23.2 Å². The van der Waals surface area contributed by atoms with Gasteiger partial charge in [-0.05, 0) is 65.8 Å². The number of hydrogen-bond donors (Lipinski definition) is 0. The van der Waals surface area contributed by atoms with Gasteiger partial charge in [-0.25, -0.2) is 33.1 Å². The molecule has 0 aliphatic heterocycles. The minimum absolute atomic E-state index is 0.0319. The predicted octanol–water partition coefficient (Wildman–Crippen LogP) is 6.71. The molecular formula is C26H25F3N6. The first-order valence-corrected chi connectivity index (χ1v) is 11.5. The maximum absolute atomic E-state index is 15.0. The molecule has 5 aromatic rings. The number of imidazole rings is 2. The molecule has 0 unspecified atom stereocenters. The summed E-state index contributed by atoms with van der Waals surface area (Å²) in [6, 6.07) is 6.02. The van der Waals surface area contributed by atoms with Crippen LogP contribution in [0.25, 0.3) is 44.7 Å². The van der Waals surface area contributed by atoms with Gasteiger partial charge in [0.1, 0.15) is 28.4 Å². The van der Waals surface area contributed by atoms with Gasteiger partial charge < -0.3 is 9.13 Å². The van der Waals surface area contributed by atoms with Crippen molar-refractivity contribution in [2.45, 2.75) is 53.6 Å². The van der Waals surface area contributed by atoms with Crippen LogP contribution in [0.1, 0.15) is 51.4 Å². The Labute approximate surface area is 200 Å². The summed E-state index contributed by atoms with van der Waals surface area (Å²) in [5.74, 6) is -0.306. The molecule has 35 heavy (non-hydrogen) atoms. The SMILES string of the molecule is Cc1nc2c(F)cc(-c3ncc(F)c(-c4cc(F)c5nc(C)n(C(C)C)c5c4)n3)cc2n1C(C)C. The molecule has 3 heterocycles. The van der Waals surface area contributed by atoms with Crippen molar-refractivity contribution in [1.82, 2.24) is 29.1 Å². The summed E-state index contributed by atoms with van der Waals surface area (Å²) in [5.41, 5.74) is 2.19. The fourth-order valence-electron chi connectivity index (χ4n) is 4.82. The molecule has 0 saturated carbocycles. The van der Waals surface area contributed by atoms with Gasteiger partial charge in [0.25, 0.3) is 0 Å². The molecule has 6 nitrogen and oxygen atoms in total. The van der Waals surface area contributed by atoms with Crippen molar-refractivity contribution in [3.63, 3.8) is 0 Å². The minimum Gasteiger partial charge on any atom is -0.326 e. The predicted molar refractivity (Wildman–Crippen MR) is 130 cm³/mol. The van der Waals surface area contributed by atoms with Crippen LogP contribution >= 0.6 is 0 Å². The van der Waals surface area contributed by atoms with Crippen molar-refractivity contribution in [2.24, 2.45) is 0 Å². The lowest BCUT2D eigenvalue weighted by molar-refractivity contribution is 0.599. The third-order valence-corrected chi connectivity index (χ3v) is 6.16. The Kier molecular flexibility index (Phi) is 5.38. The van der Waals surface area contributed by atoms with Crippen molar-refractivity contribution in [3.8, 4) is 22.6 Å². The molecular weight excluding hydrogens is 453 g/mol. The molecule has 0 aliphatic carbocycles. The Bertz CT molecular complexity index is 1610. The fraction of sp³-hybridized carbons (Fsp3) is 0.308. The van der Waals surface area contributed by atoms with Gasteiger partial charge in [-0.3, -0.25) is 0 Å². The monoisotopic (exact) mass is 478 g/mol. The Morgan fingerprint density at radius 3 is 1.66 bits per heavy atom. The number of halogens is 3. The van der Waals surface area contributed by atoms with Gasteiger partial charge >= 0.3 is 0 Å². The highest BCUT2D eigenvalue weighted by molar-refractivity contribution is 5.84. The van der Waals surface area contributed by atoms with Crippen LogP contribution < -0.4 is 0 Å². The summed E-state index contributed by atoms with van der Waals surface area (Å²) >= 11 is 0. The van der Waals surface area contributed by atoms with Crippen LogP contribution in [0.2, 0.25) is 0 Å². The average molecular weight is 479 g/mol. The first-order chi connectivity index (χ1) is 16.6. The second-order valence-corrected chi connectivity index (χ2v) is 9.29. The number of aryl methyl sites for hydroxylation is 2. The quantitative estimate of drug-likeness (QED) is 0.288. The Balaban J connectivity index is 1.70. The van der Waals surface area contributed by atoms with Gasteiger partial charge in [-0.2, -0.15) is 0 Å². The third kappa shape index (κ3) is 3.66. The molecule has 2 aromatic carbocycles. The molecule has 9 heteroatoms. The van der Waals surface area contributed by atoms with Crippen LogP contribution in [0.3, 0.4) is 0 Å². The summed E-state index contributed by atoms with van der Waals surface area (Å²) in [4.78, 5) is 17.2. The van der Waals surface area contributed by atoms with Gasteiger partial charge in [-0.1, -0.05) is 0 Å². The van der Waals surface area contributed by atoms with E-state index in [1.807, 2.05) is 43.8 Å². The zero-order chi connectivity index (χ0) is 25.2. The Hall–Kier alpha value is -3.75. The minimum atomic E-state index is -0.704. The van der Waals surface area contributed by atoms with Crippen LogP contribution in [0.15, 0.2) is 30.5 Å². The van der Waals surface area contributed by atoms with Gasteiger partial charge in [0.05, 0.1) is 17.2 Å². The number of nitrogens with zero attached hydrogens (tertiary/aromatic N) is 6. The largest absolute Gasteiger partial charge is 0.326 e. The van der Waals surface area contributed by atoms with Crippen molar-refractivity contribution in [2.75, 3.05) is 0 Å². The standard InChI is InChI=1S/C26H25F3N6/c1-12(2)34-14(5)31-24-18(27)7-16(9-21(24)34)23-20(29)11-30-26(33-23)17-8-19(28)25-22(10-17)35(13(3)4)15(6)32-25/h7-13H,1-6H3. The van der Waals surface area contributed by atoms with E-state index in [4.69, 9.17) is 0 Å². The van der Waals surface area contributed by atoms with Gasteiger partial charge in [0.15, 0.2) is 23.3 Å². The molecule has 0 N–H and O–H groups in total. The average Bonchev–Trinajstić information content (AvgIpc) is 3.30. The summed E-state index contributed by atoms with van der Waals surface area (Å²) in [7, 11) is 0. The van der Waals surface area contributed by atoms with Crippen LogP contribution in [0, 0.1) is 31.3 Å². The van der Waals surface area contributed by atoms with E-state index >= 15 is 0 Å². The van der Waals surface area contributed by atoms with Crippen LogP contribution in [0.4, 0.5) is 13.2 Å². The van der Waals surface area contributed by atoms with Crippen molar-refractivity contribution in [1.29, 1.82) is 0 Å². The number of benzene rings is 2. The lowest BCUT2D eigenvalue weighted by Gasteiger charge is -2.13. The van der Waals surface area contributed by atoms with E-state index in [1.54, 1.807) is 19.1 Å². The van der Waals surface area contributed by atoms with Crippen molar-refractivity contribution in [3.05, 3.63) is 59.6 Å². The van der Waals surface area contributed by atoms with E-state index in [-0.39, 0.29) is 40.2 Å². The lowest BCUT2D eigenvalue weighted by Crippen LogP contribution is -2.03. The summed E-state index contributed by atoms with van der Waals surface area (Å²) in [5, 5.41) is 0. The molecule has 5 rings (SSSR count). The number of aromatic nitrogens is 6. The number of rotatable bonds is 4. The van der Waals surface area contributed by atoms with Gasteiger partial charge in [0.2, 0.25) is 0 Å². The van der Waals surface area contributed by atoms with E-state index < -0.39 is 17.5 Å². The van der Waals surface area contributed by atoms with Crippen LogP contribution in [0.5, 0.6) is 0 Å². The summed E-state index contributed by atoms with van der Waals surface area (Å²) in [6.07, 6.45) is 1.03. The van der Waals surface area contributed by atoms with Crippen molar-refractivity contribution >= 4 is 22.1 Å². The fourth-order valence-corrected chi connectivity index (χ4v) is 4.82. The van der Waals surface area contributed by atoms with E-state index in [1.165, 1.54) is 12.1 Å². The maximum atomic E-state index is 15.0. The van der Waals surface area contributed by atoms with E-state index in [0.29, 0.717) is 28.2 Å². The van der Waals surface area contributed by atoms with Crippen LogP contribution in [-0.4, -0.2) is 29.1 Å². The second-order valence-electron chi connectivity index (χ2n) is 9.29. The smallest absolute Gasteiger partial charge is 0.167 e. The highest BCUT2D eigenvalue weighted by atomic mass is 19.1. The first-order valence-electron chi connectivity index (χ1n) is 11.5. The molecule has 0 spiro atoms. The molecule has 0 saturated heterocycles. The highest BCUT2D eigenvalue weighted by Crippen LogP contribution is 2.32. The molecule has 0 bridgehead atoms. The van der Waals surface area contributed by atoms with E-state index in [0.717, 1.165) is 6.20 Å². The maximum Gasteiger partial charge on any atom is 0.167 e. The van der Waals surface area contributed by atoms with Crippen LogP contribution in [-0.2, 0) is 0 Å². The molecule has 0 fully saturated rings. The third-order valence-electron chi connectivity index (χ3n) is 6.16. The molecule has 180 valence electrons.